The summed E-state index contributed by atoms with van der Waals surface area (Å²) in [6.07, 6.45) is 2.75. The number of hydrogen-bond acceptors (Lipinski definition) is 3. The van der Waals surface area contributed by atoms with E-state index in [0.29, 0.717) is 30.5 Å². The zero-order valence-corrected chi connectivity index (χ0v) is 11.5. The Bertz CT molecular complexity index is 646. The monoisotopic (exact) mass is 270 g/mol. The number of hydrogen-bond donors (Lipinski definition) is 1. The SMILES string of the molecule is CCn1cc(N)cc1C(=O)OCC1Cc2ccccc21. The molecule has 2 aromatic rings. The van der Waals surface area contributed by atoms with Gasteiger partial charge < -0.3 is 15.0 Å². The minimum atomic E-state index is -0.298. The largest absolute Gasteiger partial charge is 0.460 e. The third kappa shape index (κ3) is 2.18. The normalized spacial score (nSPS) is 16.4. The lowest BCUT2D eigenvalue weighted by Crippen LogP contribution is -2.24. The van der Waals surface area contributed by atoms with E-state index in [1.54, 1.807) is 12.3 Å². The van der Waals surface area contributed by atoms with Crippen molar-refractivity contribution in [3.8, 4) is 0 Å². The van der Waals surface area contributed by atoms with Crippen molar-refractivity contribution in [1.82, 2.24) is 4.57 Å². The first-order chi connectivity index (χ1) is 9.69. The molecule has 0 spiro atoms. The highest BCUT2D eigenvalue weighted by molar-refractivity contribution is 5.89. The molecule has 20 heavy (non-hydrogen) atoms. The Morgan fingerprint density at radius 1 is 1.45 bits per heavy atom. The number of ether oxygens (including phenoxy) is 1. The van der Waals surface area contributed by atoms with E-state index in [9.17, 15) is 4.79 Å². The Balaban J connectivity index is 1.63. The molecule has 0 saturated heterocycles. The van der Waals surface area contributed by atoms with Gasteiger partial charge in [-0.25, -0.2) is 4.79 Å². The Labute approximate surface area is 118 Å². The van der Waals surface area contributed by atoms with Gasteiger partial charge in [-0.05, 0) is 30.5 Å². The summed E-state index contributed by atoms with van der Waals surface area (Å²) >= 11 is 0. The molecule has 1 aliphatic rings. The first-order valence-electron chi connectivity index (χ1n) is 6.89. The third-order valence-corrected chi connectivity index (χ3v) is 3.84. The Hall–Kier alpha value is -2.23. The minimum absolute atomic E-state index is 0.298. The number of benzene rings is 1. The van der Waals surface area contributed by atoms with Gasteiger partial charge in [0.1, 0.15) is 5.69 Å². The maximum atomic E-state index is 12.1. The van der Waals surface area contributed by atoms with Crippen molar-refractivity contribution in [3.63, 3.8) is 0 Å². The molecule has 104 valence electrons. The molecule has 0 bridgehead atoms. The van der Waals surface area contributed by atoms with E-state index >= 15 is 0 Å². The minimum Gasteiger partial charge on any atom is -0.460 e. The van der Waals surface area contributed by atoms with Crippen LogP contribution in [-0.2, 0) is 17.7 Å². The number of esters is 1. The molecular weight excluding hydrogens is 252 g/mol. The van der Waals surface area contributed by atoms with Crippen LogP contribution in [0.4, 0.5) is 5.69 Å². The molecule has 0 radical (unpaired) electrons. The first-order valence-corrected chi connectivity index (χ1v) is 6.89. The van der Waals surface area contributed by atoms with E-state index in [1.165, 1.54) is 11.1 Å². The molecular formula is C16H18N2O2. The average molecular weight is 270 g/mol. The number of rotatable bonds is 4. The summed E-state index contributed by atoms with van der Waals surface area (Å²) in [6.45, 7) is 3.11. The molecule has 4 nitrogen and oxygen atoms in total. The van der Waals surface area contributed by atoms with Crippen LogP contribution in [-0.4, -0.2) is 17.1 Å². The molecule has 1 aromatic carbocycles. The van der Waals surface area contributed by atoms with Crippen molar-refractivity contribution in [2.24, 2.45) is 0 Å². The van der Waals surface area contributed by atoms with Gasteiger partial charge in [-0.3, -0.25) is 0 Å². The third-order valence-electron chi connectivity index (χ3n) is 3.84. The molecule has 1 heterocycles. The number of nitrogen functional groups attached to an aromatic ring is 1. The van der Waals surface area contributed by atoms with Gasteiger partial charge in [0.25, 0.3) is 0 Å². The molecule has 1 aliphatic carbocycles. The van der Waals surface area contributed by atoms with Crippen LogP contribution in [0.2, 0.25) is 0 Å². The van der Waals surface area contributed by atoms with Crippen LogP contribution in [0.1, 0.15) is 34.5 Å². The smallest absolute Gasteiger partial charge is 0.355 e. The van der Waals surface area contributed by atoms with Crippen molar-refractivity contribution >= 4 is 11.7 Å². The summed E-state index contributed by atoms with van der Waals surface area (Å²) in [7, 11) is 0. The summed E-state index contributed by atoms with van der Waals surface area (Å²) < 4.78 is 7.24. The first kappa shape index (κ1) is 12.8. The maximum absolute atomic E-state index is 12.1. The Morgan fingerprint density at radius 3 is 3.00 bits per heavy atom. The molecule has 3 rings (SSSR count). The average Bonchev–Trinajstić information content (AvgIpc) is 2.81. The van der Waals surface area contributed by atoms with Crippen molar-refractivity contribution in [2.75, 3.05) is 12.3 Å². The highest BCUT2D eigenvalue weighted by Crippen LogP contribution is 2.34. The second-order valence-electron chi connectivity index (χ2n) is 5.14. The zero-order valence-electron chi connectivity index (χ0n) is 11.5. The number of aromatic nitrogens is 1. The van der Waals surface area contributed by atoms with E-state index in [2.05, 4.69) is 12.1 Å². The Morgan fingerprint density at radius 2 is 2.25 bits per heavy atom. The number of carbonyl (C=O) groups is 1. The van der Waals surface area contributed by atoms with Gasteiger partial charge in [0, 0.05) is 18.7 Å². The van der Waals surface area contributed by atoms with Crippen LogP contribution in [0.3, 0.4) is 0 Å². The summed E-state index contributed by atoms with van der Waals surface area (Å²) in [4.78, 5) is 12.1. The fraction of sp³-hybridized carbons (Fsp3) is 0.312. The summed E-state index contributed by atoms with van der Waals surface area (Å²) in [6, 6.07) is 9.95. The molecule has 1 atom stereocenters. The standard InChI is InChI=1S/C16H18N2O2/c1-2-18-9-13(17)8-15(18)16(19)20-10-12-7-11-5-3-4-6-14(11)12/h3-6,8-9,12H,2,7,10,17H2,1H3. The number of fused-ring (bicyclic) bond motifs is 1. The fourth-order valence-corrected chi connectivity index (χ4v) is 2.73. The molecule has 1 unspecified atom stereocenters. The molecule has 4 heteroatoms. The second-order valence-corrected chi connectivity index (χ2v) is 5.14. The van der Waals surface area contributed by atoms with Crippen LogP contribution in [0.15, 0.2) is 36.5 Å². The van der Waals surface area contributed by atoms with Crippen LogP contribution < -0.4 is 5.73 Å². The van der Waals surface area contributed by atoms with Crippen LogP contribution in [0, 0.1) is 0 Å². The second kappa shape index (κ2) is 5.04. The number of aryl methyl sites for hydroxylation is 1. The predicted octanol–water partition coefficient (Wildman–Crippen LogP) is 2.59. The van der Waals surface area contributed by atoms with E-state index in [4.69, 9.17) is 10.5 Å². The molecule has 0 saturated carbocycles. The van der Waals surface area contributed by atoms with Gasteiger partial charge in [-0.1, -0.05) is 24.3 Å². The number of nitrogens with zero attached hydrogens (tertiary/aromatic N) is 1. The lowest BCUT2D eigenvalue weighted by molar-refractivity contribution is 0.0457. The van der Waals surface area contributed by atoms with Gasteiger partial charge in [-0.15, -0.1) is 0 Å². The van der Waals surface area contributed by atoms with Gasteiger partial charge in [0.05, 0.1) is 12.3 Å². The van der Waals surface area contributed by atoms with Crippen LogP contribution in [0.25, 0.3) is 0 Å². The van der Waals surface area contributed by atoms with Gasteiger partial charge >= 0.3 is 5.97 Å². The van der Waals surface area contributed by atoms with Crippen molar-refractivity contribution in [3.05, 3.63) is 53.3 Å². The highest BCUT2D eigenvalue weighted by Gasteiger charge is 2.27. The summed E-state index contributed by atoms with van der Waals surface area (Å²) in [5, 5.41) is 0. The highest BCUT2D eigenvalue weighted by atomic mass is 16.5. The number of nitrogens with two attached hydrogens (primary N) is 1. The van der Waals surface area contributed by atoms with Crippen LogP contribution in [0.5, 0.6) is 0 Å². The summed E-state index contributed by atoms with van der Waals surface area (Å²) in [5.41, 5.74) is 9.49. The van der Waals surface area contributed by atoms with Gasteiger partial charge in [0.2, 0.25) is 0 Å². The molecule has 0 fully saturated rings. The predicted molar refractivity (Wildman–Crippen MR) is 77.7 cm³/mol. The van der Waals surface area contributed by atoms with E-state index in [-0.39, 0.29) is 5.97 Å². The summed E-state index contributed by atoms with van der Waals surface area (Å²) in [5.74, 6) is 0.0328. The number of carbonyl (C=O) groups excluding carboxylic acids is 1. The maximum Gasteiger partial charge on any atom is 0.355 e. The van der Waals surface area contributed by atoms with Crippen LogP contribution >= 0.6 is 0 Å². The molecule has 2 N–H and O–H groups in total. The lowest BCUT2D eigenvalue weighted by Gasteiger charge is -2.29. The number of anilines is 1. The topological polar surface area (TPSA) is 57.2 Å². The van der Waals surface area contributed by atoms with Crippen molar-refractivity contribution in [1.29, 1.82) is 0 Å². The van der Waals surface area contributed by atoms with Crippen molar-refractivity contribution in [2.45, 2.75) is 25.8 Å². The van der Waals surface area contributed by atoms with Crippen molar-refractivity contribution < 1.29 is 9.53 Å². The Kier molecular flexibility index (Phi) is 3.22. The van der Waals surface area contributed by atoms with Gasteiger partial charge in [0.15, 0.2) is 0 Å². The quantitative estimate of drug-likeness (QED) is 0.869. The van der Waals surface area contributed by atoms with Gasteiger partial charge in [-0.2, -0.15) is 0 Å². The van der Waals surface area contributed by atoms with E-state index in [1.807, 2.05) is 23.6 Å². The zero-order chi connectivity index (χ0) is 14.1. The lowest BCUT2D eigenvalue weighted by atomic mass is 9.78. The molecule has 0 aliphatic heterocycles. The van der Waals surface area contributed by atoms with E-state index in [0.717, 1.165) is 6.42 Å². The molecule has 0 amide bonds. The molecule has 1 aromatic heterocycles. The van der Waals surface area contributed by atoms with E-state index < -0.39 is 0 Å². The fourth-order valence-electron chi connectivity index (χ4n) is 2.73.